The van der Waals surface area contributed by atoms with Crippen molar-refractivity contribution in [3.8, 4) is 0 Å². The van der Waals surface area contributed by atoms with Crippen molar-refractivity contribution in [2.24, 2.45) is 0 Å². The highest BCUT2D eigenvalue weighted by Crippen LogP contribution is 2.02. The molecule has 14 heavy (non-hydrogen) atoms. The zero-order chi connectivity index (χ0) is 11.1. The van der Waals surface area contributed by atoms with Crippen LogP contribution in [0.2, 0.25) is 0 Å². The van der Waals surface area contributed by atoms with Gasteiger partial charge in [-0.05, 0) is 6.42 Å². The third-order valence-corrected chi connectivity index (χ3v) is 1.81. The average molecular weight is 228 g/mol. The van der Waals surface area contributed by atoms with E-state index in [0.29, 0.717) is 6.42 Å². The molecule has 6 heteroatoms. The smallest absolute Gasteiger partial charge is 0.315 e. The number of hydrogen-bond donors (Lipinski definition) is 0. The topological polar surface area (TPSA) is 37.4 Å². The second kappa shape index (κ2) is 6.70. The summed E-state index contributed by atoms with van der Waals surface area (Å²) in [6.45, 7) is 1.54. The summed E-state index contributed by atoms with van der Waals surface area (Å²) in [5, 5.41) is 0. The molecule has 0 aliphatic heterocycles. The largest absolute Gasteiger partial charge is 0.330 e. The molecular formula is C8H12ClF2NO2. The lowest BCUT2D eigenvalue weighted by Gasteiger charge is -2.20. The highest BCUT2D eigenvalue weighted by molar-refractivity contribution is 6.28. The number of carbonyl (C=O) groups is 2. The molecule has 0 N–H and O–H groups in total. The molecule has 0 aromatic rings. The first kappa shape index (κ1) is 13.3. The first-order chi connectivity index (χ1) is 6.52. The summed E-state index contributed by atoms with van der Waals surface area (Å²) in [7, 11) is 0. The summed E-state index contributed by atoms with van der Waals surface area (Å²) < 4.78 is 24.0. The third-order valence-electron chi connectivity index (χ3n) is 1.51. The van der Waals surface area contributed by atoms with Crippen LogP contribution in [0, 0.1) is 0 Å². The number of Topliss-reactive ketones (excluding diaryl/α,β-unsaturated/α-hetero) is 1. The summed E-state index contributed by atoms with van der Waals surface area (Å²) >= 11 is 5.21. The van der Waals surface area contributed by atoms with E-state index in [4.69, 9.17) is 11.6 Å². The number of halogens is 3. The van der Waals surface area contributed by atoms with Crippen LogP contribution in [0.1, 0.15) is 13.3 Å². The fourth-order valence-corrected chi connectivity index (χ4v) is 1.01. The number of ketones is 1. The first-order valence-corrected chi connectivity index (χ1v) is 4.71. The Balaban J connectivity index is 4.28. The summed E-state index contributed by atoms with van der Waals surface area (Å²) in [6, 6.07) is 0. The Morgan fingerprint density at radius 2 is 2.00 bits per heavy atom. The Bertz CT molecular complexity index is 212. The maximum absolute atomic E-state index is 12.0. The van der Waals surface area contributed by atoms with Gasteiger partial charge in [0.25, 0.3) is 5.91 Å². The molecule has 0 aromatic heterocycles. The summed E-state index contributed by atoms with van der Waals surface area (Å²) in [5.74, 6) is -2.02. The highest BCUT2D eigenvalue weighted by Gasteiger charge is 2.23. The van der Waals surface area contributed by atoms with E-state index in [1.807, 2.05) is 0 Å². The van der Waals surface area contributed by atoms with E-state index in [9.17, 15) is 18.4 Å². The van der Waals surface area contributed by atoms with Gasteiger partial charge in [-0.2, -0.15) is 8.78 Å². The number of hydrogen-bond acceptors (Lipinski definition) is 2. The van der Waals surface area contributed by atoms with E-state index in [2.05, 4.69) is 0 Å². The molecule has 0 radical (unpaired) electrons. The van der Waals surface area contributed by atoms with E-state index in [1.54, 1.807) is 6.92 Å². The Kier molecular flexibility index (Phi) is 6.36. The van der Waals surface area contributed by atoms with Crippen molar-refractivity contribution in [3.05, 3.63) is 0 Å². The molecule has 0 saturated heterocycles. The lowest BCUT2D eigenvalue weighted by Crippen LogP contribution is -2.40. The number of carbonyl (C=O) groups excluding carboxylic acids is 2. The molecule has 0 aliphatic rings. The van der Waals surface area contributed by atoms with Crippen molar-refractivity contribution >= 4 is 23.3 Å². The van der Waals surface area contributed by atoms with Crippen LogP contribution in [-0.4, -0.2) is 42.0 Å². The quantitative estimate of drug-likeness (QED) is 0.642. The Morgan fingerprint density at radius 3 is 2.36 bits per heavy atom. The molecule has 0 atom stereocenters. The van der Waals surface area contributed by atoms with Gasteiger partial charge < -0.3 is 4.90 Å². The fourth-order valence-electron chi connectivity index (χ4n) is 0.930. The maximum atomic E-state index is 12.0. The average Bonchev–Trinajstić information content (AvgIpc) is 2.15. The summed E-state index contributed by atoms with van der Waals surface area (Å²) in [4.78, 5) is 22.5. The van der Waals surface area contributed by atoms with Crippen molar-refractivity contribution in [3.63, 3.8) is 0 Å². The monoisotopic (exact) mass is 227 g/mol. The van der Waals surface area contributed by atoms with Crippen LogP contribution in [0.15, 0.2) is 0 Å². The molecule has 0 saturated carbocycles. The molecule has 3 nitrogen and oxygen atoms in total. The molecular weight excluding hydrogens is 216 g/mol. The molecule has 0 bridgehead atoms. The summed E-state index contributed by atoms with van der Waals surface area (Å²) in [5.41, 5.74) is 0. The molecule has 0 heterocycles. The molecule has 82 valence electrons. The van der Waals surface area contributed by atoms with Crippen LogP contribution in [0.4, 0.5) is 8.78 Å². The van der Waals surface area contributed by atoms with Crippen LogP contribution < -0.4 is 0 Å². The van der Waals surface area contributed by atoms with E-state index in [1.165, 1.54) is 0 Å². The predicted molar refractivity (Wildman–Crippen MR) is 48.6 cm³/mol. The van der Waals surface area contributed by atoms with Crippen LogP contribution in [-0.2, 0) is 9.59 Å². The fraction of sp³-hybridized carbons (Fsp3) is 0.750. The van der Waals surface area contributed by atoms with E-state index in [0.717, 1.165) is 4.90 Å². The number of nitrogens with zero attached hydrogens (tertiary/aromatic N) is 1. The maximum Gasteiger partial charge on any atom is 0.315 e. The van der Waals surface area contributed by atoms with Gasteiger partial charge >= 0.3 is 6.43 Å². The van der Waals surface area contributed by atoms with Gasteiger partial charge in [0.15, 0.2) is 5.78 Å². The molecule has 0 aliphatic carbocycles. The highest BCUT2D eigenvalue weighted by atomic mass is 35.5. The summed E-state index contributed by atoms with van der Waals surface area (Å²) in [6.07, 6.45) is -2.54. The predicted octanol–water partition coefficient (Wildman–Crippen LogP) is 1.30. The van der Waals surface area contributed by atoms with Gasteiger partial charge in [0.1, 0.15) is 0 Å². The van der Waals surface area contributed by atoms with Crippen LogP contribution in [0.3, 0.4) is 0 Å². The Labute approximate surface area is 86.0 Å². The molecule has 0 fully saturated rings. The van der Waals surface area contributed by atoms with Gasteiger partial charge in [-0.3, -0.25) is 9.59 Å². The molecule has 0 aromatic carbocycles. The van der Waals surface area contributed by atoms with Gasteiger partial charge in [0, 0.05) is 6.54 Å². The Hall–Kier alpha value is -0.710. The first-order valence-electron chi connectivity index (χ1n) is 4.17. The minimum atomic E-state index is -3.07. The second-order valence-electron chi connectivity index (χ2n) is 2.73. The van der Waals surface area contributed by atoms with Crippen LogP contribution >= 0.6 is 11.6 Å². The van der Waals surface area contributed by atoms with Crippen LogP contribution in [0.5, 0.6) is 0 Å². The normalized spacial score (nSPS) is 10.4. The van der Waals surface area contributed by atoms with E-state index < -0.39 is 18.1 Å². The van der Waals surface area contributed by atoms with Crippen molar-refractivity contribution < 1.29 is 18.4 Å². The van der Waals surface area contributed by atoms with Gasteiger partial charge in [0.2, 0.25) is 0 Å². The Morgan fingerprint density at radius 1 is 1.43 bits per heavy atom. The van der Waals surface area contributed by atoms with Crippen molar-refractivity contribution in [1.29, 1.82) is 0 Å². The van der Waals surface area contributed by atoms with Gasteiger partial charge in [-0.1, -0.05) is 6.92 Å². The van der Waals surface area contributed by atoms with Crippen molar-refractivity contribution in [2.45, 2.75) is 19.8 Å². The van der Waals surface area contributed by atoms with Gasteiger partial charge in [-0.25, -0.2) is 0 Å². The number of alkyl halides is 3. The van der Waals surface area contributed by atoms with Gasteiger partial charge in [-0.15, -0.1) is 11.6 Å². The lowest BCUT2D eigenvalue weighted by molar-refractivity contribution is -0.144. The number of rotatable bonds is 6. The number of amides is 1. The molecule has 0 unspecified atom stereocenters. The zero-order valence-corrected chi connectivity index (χ0v) is 8.56. The van der Waals surface area contributed by atoms with E-state index in [-0.39, 0.29) is 19.0 Å². The van der Waals surface area contributed by atoms with Gasteiger partial charge in [0.05, 0.1) is 12.4 Å². The minimum absolute atomic E-state index is 0.145. The molecule has 0 spiro atoms. The van der Waals surface area contributed by atoms with E-state index >= 15 is 0 Å². The molecule has 1 amide bonds. The minimum Gasteiger partial charge on any atom is -0.330 e. The SMILES string of the molecule is CCCN(CC(=O)CCl)C(=O)C(F)F. The van der Waals surface area contributed by atoms with Crippen molar-refractivity contribution in [2.75, 3.05) is 19.0 Å². The third kappa shape index (κ3) is 4.50. The standard InChI is InChI=1S/C8H12ClF2NO2/c1-2-3-12(5-6(13)4-9)8(14)7(10)11/h7H,2-5H2,1H3. The second-order valence-corrected chi connectivity index (χ2v) is 3.00. The molecule has 0 rings (SSSR count). The van der Waals surface area contributed by atoms with Crippen molar-refractivity contribution in [1.82, 2.24) is 4.90 Å². The lowest BCUT2D eigenvalue weighted by atomic mass is 10.3. The van der Waals surface area contributed by atoms with Crippen LogP contribution in [0.25, 0.3) is 0 Å². The zero-order valence-electron chi connectivity index (χ0n) is 7.80.